The fraction of sp³-hybridized carbons (Fsp3) is 0.417. The van der Waals surface area contributed by atoms with Crippen LogP contribution in [0.3, 0.4) is 0 Å². The summed E-state index contributed by atoms with van der Waals surface area (Å²) in [6.45, 7) is 8.64. The Morgan fingerprint density at radius 3 is 2.50 bits per heavy atom. The summed E-state index contributed by atoms with van der Waals surface area (Å²) in [6.07, 6.45) is 1.91. The summed E-state index contributed by atoms with van der Waals surface area (Å²) in [7, 11) is 0. The van der Waals surface area contributed by atoms with E-state index in [4.69, 9.17) is 4.74 Å². The lowest BCUT2D eigenvalue weighted by atomic mass is 10.1. The highest BCUT2D eigenvalue weighted by Crippen LogP contribution is 2.21. The van der Waals surface area contributed by atoms with Crippen molar-refractivity contribution in [1.29, 1.82) is 0 Å². The Bertz CT molecular complexity index is 852. The third-order valence-electron chi connectivity index (χ3n) is 5.17. The number of carbonyl (C=O) groups is 2. The molecule has 0 aliphatic heterocycles. The number of hydrogen-bond acceptors (Lipinski definition) is 3. The zero-order valence-electron chi connectivity index (χ0n) is 18.2. The minimum absolute atomic E-state index is 0.118. The molecule has 0 heterocycles. The van der Waals surface area contributed by atoms with Crippen molar-refractivity contribution in [2.24, 2.45) is 0 Å². The standard InChI is InChI=1S/C24H31BrN2O3/c1-5-6-14-26-24(29)19(4)27(15-20-10-12-21(25)13-11-20)23(28)16-30-22-9-7-8-17(2)18(22)3/h7-13,19H,5-6,14-16H2,1-4H3,(H,26,29)/t19-/m0/s1. The molecule has 1 atom stereocenters. The molecule has 0 saturated heterocycles. The van der Waals surface area contributed by atoms with Crippen LogP contribution in [-0.4, -0.2) is 35.9 Å². The number of nitrogens with zero attached hydrogens (tertiary/aromatic N) is 1. The number of aryl methyl sites for hydroxylation is 1. The number of halogens is 1. The summed E-state index contributed by atoms with van der Waals surface area (Å²) < 4.78 is 6.78. The first-order valence-corrected chi connectivity index (χ1v) is 11.1. The molecule has 30 heavy (non-hydrogen) atoms. The van der Waals surface area contributed by atoms with Gasteiger partial charge in [0.15, 0.2) is 6.61 Å². The lowest BCUT2D eigenvalue weighted by Gasteiger charge is -2.29. The Balaban J connectivity index is 2.13. The molecule has 0 aliphatic carbocycles. The second-order valence-electron chi connectivity index (χ2n) is 7.46. The van der Waals surface area contributed by atoms with Gasteiger partial charge in [-0.05, 0) is 62.1 Å². The molecule has 0 spiro atoms. The van der Waals surface area contributed by atoms with E-state index in [9.17, 15) is 9.59 Å². The number of benzene rings is 2. The van der Waals surface area contributed by atoms with Gasteiger partial charge >= 0.3 is 0 Å². The Kier molecular flexibility index (Phi) is 9.37. The van der Waals surface area contributed by atoms with E-state index >= 15 is 0 Å². The van der Waals surface area contributed by atoms with Crippen LogP contribution in [0.5, 0.6) is 5.75 Å². The summed E-state index contributed by atoms with van der Waals surface area (Å²) in [5.74, 6) is 0.310. The van der Waals surface area contributed by atoms with Crippen molar-refractivity contribution in [3.8, 4) is 5.75 Å². The highest BCUT2D eigenvalue weighted by atomic mass is 79.9. The highest BCUT2D eigenvalue weighted by molar-refractivity contribution is 9.10. The fourth-order valence-electron chi connectivity index (χ4n) is 3.01. The Hall–Kier alpha value is -2.34. The topological polar surface area (TPSA) is 58.6 Å². The van der Waals surface area contributed by atoms with Gasteiger partial charge in [-0.1, -0.05) is 53.5 Å². The van der Waals surface area contributed by atoms with E-state index in [0.29, 0.717) is 18.8 Å². The van der Waals surface area contributed by atoms with Crippen LogP contribution in [-0.2, 0) is 16.1 Å². The van der Waals surface area contributed by atoms with Gasteiger partial charge in [0, 0.05) is 17.6 Å². The molecule has 2 aromatic rings. The van der Waals surface area contributed by atoms with Crippen LogP contribution >= 0.6 is 15.9 Å². The molecule has 0 aromatic heterocycles. The molecular weight excluding hydrogens is 444 g/mol. The van der Waals surface area contributed by atoms with Crippen LogP contribution < -0.4 is 10.1 Å². The van der Waals surface area contributed by atoms with E-state index in [1.54, 1.807) is 11.8 Å². The zero-order valence-corrected chi connectivity index (χ0v) is 19.8. The first-order valence-electron chi connectivity index (χ1n) is 10.3. The third-order valence-corrected chi connectivity index (χ3v) is 5.70. The average molecular weight is 475 g/mol. The molecule has 0 radical (unpaired) electrons. The molecule has 0 fully saturated rings. The summed E-state index contributed by atoms with van der Waals surface area (Å²) in [5, 5.41) is 2.92. The minimum atomic E-state index is -0.597. The predicted molar refractivity (Wildman–Crippen MR) is 123 cm³/mol. The molecule has 0 bridgehead atoms. The molecule has 0 unspecified atom stereocenters. The fourth-order valence-corrected chi connectivity index (χ4v) is 3.27. The van der Waals surface area contributed by atoms with Crippen LogP contribution in [0.2, 0.25) is 0 Å². The van der Waals surface area contributed by atoms with Crippen LogP contribution in [0.1, 0.15) is 43.4 Å². The second-order valence-corrected chi connectivity index (χ2v) is 8.37. The molecule has 0 aliphatic rings. The van der Waals surface area contributed by atoms with E-state index < -0.39 is 6.04 Å². The normalized spacial score (nSPS) is 11.6. The predicted octanol–water partition coefficient (Wildman–Crippen LogP) is 4.78. The smallest absolute Gasteiger partial charge is 0.261 e. The molecule has 162 valence electrons. The Morgan fingerprint density at radius 2 is 1.83 bits per heavy atom. The molecule has 2 rings (SSSR count). The average Bonchev–Trinajstić information content (AvgIpc) is 2.73. The molecule has 1 N–H and O–H groups in total. The van der Waals surface area contributed by atoms with Crippen LogP contribution in [0.4, 0.5) is 0 Å². The summed E-state index contributed by atoms with van der Waals surface area (Å²) in [5.41, 5.74) is 3.07. The van der Waals surface area contributed by atoms with Gasteiger partial charge < -0.3 is 15.0 Å². The molecule has 5 nitrogen and oxygen atoms in total. The Labute approximate surface area is 187 Å². The lowest BCUT2D eigenvalue weighted by Crippen LogP contribution is -2.49. The van der Waals surface area contributed by atoms with Gasteiger partial charge in [-0.3, -0.25) is 9.59 Å². The minimum Gasteiger partial charge on any atom is -0.483 e. The summed E-state index contributed by atoms with van der Waals surface area (Å²) in [6, 6.07) is 12.9. The number of nitrogens with one attached hydrogen (secondary N) is 1. The van der Waals surface area contributed by atoms with Gasteiger partial charge in [-0.15, -0.1) is 0 Å². The van der Waals surface area contributed by atoms with Crippen molar-refractivity contribution < 1.29 is 14.3 Å². The van der Waals surface area contributed by atoms with Gasteiger partial charge in [0.25, 0.3) is 5.91 Å². The Morgan fingerprint density at radius 1 is 1.13 bits per heavy atom. The van der Waals surface area contributed by atoms with E-state index in [0.717, 1.165) is 34.0 Å². The zero-order chi connectivity index (χ0) is 22.1. The van der Waals surface area contributed by atoms with Crippen LogP contribution in [0, 0.1) is 13.8 Å². The van der Waals surface area contributed by atoms with E-state index in [-0.39, 0.29) is 18.4 Å². The highest BCUT2D eigenvalue weighted by Gasteiger charge is 2.26. The van der Waals surface area contributed by atoms with Crippen molar-refractivity contribution in [3.05, 3.63) is 63.6 Å². The van der Waals surface area contributed by atoms with Crippen LogP contribution in [0.15, 0.2) is 46.9 Å². The molecule has 2 aromatic carbocycles. The lowest BCUT2D eigenvalue weighted by molar-refractivity contribution is -0.142. The van der Waals surface area contributed by atoms with Crippen molar-refractivity contribution in [2.45, 2.75) is 53.1 Å². The monoisotopic (exact) mass is 474 g/mol. The van der Waals surface area contributed by atoms with Crippen molar-refractivity contribution in [2.75, 3.05) is 13.2 Å². The molecule has 0 saturated carbocycles. The third kappa shape index (κ3) is 6.87. The van der Waals surface area contributed by atoms with Gasteiger partial charge in [-0.25, -0.2) is 0 Å². The summed E-state index contributed by atoms with van der Waals surface area (Å²) >= 11 is 3.43. The molecule has 6 heteroatoms. The van der Waals surface area contributed by atoms with E-state index in [2.05, 4.69) is 28.2 Å². The largest absolute Gasteiger partial charge is 0.483 e. The maximum Gasteiger partial charge on any atom is 0.261 e. The number of unbranched alkanes of at least 4 members (excludes halogenated alkanes) is 1. The maximum atomic E-state index is 13.1. The first kappa shape index (κ1) is 23.9. The summed E-state index contributed by atoms with van der Waals surface area (Å²) in [4.78, 5) is 27.3. The second kappa shape index (κ2) is 11.7. The van der Waals surface area contributed by atoms with Crippen LogP contribution in [0.25, 0.3) is 0 Å². The number of ether oxygens (including phenoxy) is 1. The number of carbonyl (C=O) groups excluding carboxylic acids is 2. The number of amides is 2. The first-order chi connectivity index (χ1) is 14.3. The molecular formula is C24H31BrN2O3. The van der Waals surface area contributed by atoms with E-state index in [1.807, 2.05) is 56.3 Å². The van der Waals surface area contributed by atoms with Gasteiger partial charge in [0.2, 0.25) is 5.91 Å². The van der Waals surface area contributed by atoms with Gasteiger partial charge in [-0.2, -0.15) is 0 Å². The van der Waals surface area contributed by atoms with Crippen molar-refractivity contribution in [1.82, 2.24) is 10.2 Å². The van der Waals surface area contributed by atoms with E-state index in [1.165, 1.54) is 0 Å². The van der Waals surface area contributed by atoms with Crippen molar-refractivity contribution >= 4 is 27.7 Å². The maximum absolute atomic E-state index is 13.1. The van der Waals surface area contributed by atoms with Gasteiger partial charge in [0.05, 0.1) is 0 Å². The number of rotatable bonds is 10. The number of hydrogen-bond donors (Lipinski definition) is 1. The van der Waals surface area contributed by atoms with Gasteiger partial charge in [0.1, 0.15) is 11.8 Å². The quantitative estimate of drug-likeness (QED) is 0.504. The SMILES string of the molecule is CCCCNC(=O)[C@H](C)N(Cc1ccc(Br)cc1)C(=O)COc1cccc(C)c1C. The van der Waals surface area contributed by atoms with Crippen molar-refractivity contribution in [3.63, 3.8) is 0 Å². The molecule has 2 amide bonds.